The van der Waals surface area contributed by atoms with Gasteiger partial charge < -0.3 is 15.2 Å². The Morgan fingerprint density at radius 2 is 2.00 bits per heavy atom. The van der Waals surface area contributed by atoms with E-state index in [1.165, 1.54) is 31.0 Å². The summed E-state index contributed by atoms with van der Waals surface area (Å²) in [6.45, 7) is 1.97. The number of aryl methyl sites for hydroxylation is 1. The highest BCUT2D eigenvalue weighted by atomic mass is 32.2. The molecule has 1 aliphatic heterocycles. The molecule has 9 heteroatoms. The van der Waals surface area contributed by atoms with Crippen LogP contribution in [0.1, 0.15) is 25.1 Å². The molecule has 0 aliphatic carbocycles. The molecule has 3 rings (SSSR count). The molecule has 0 bridgehead atoms. The van der Waals surface area contributed by atoms with Gasteiger partial charge in [0.25, 0.3) is 0 Å². The summed E-state index contributed by atoms with van der Waals surface area (Å²) < 4.78 is 1.86. The minimum atomic E-state index is 0.277. The van der Waals surface area contributed by atoms with Crippen LogP contribution in [0, 0.1) is 0 Å². The van der Waals surface area contributed by atoms with Gasteiger partial charge in [0.1, 0.15) is 12.2 Å². The number of anilines is 2. The van der Waals surface area contributed by atoms with Gasteiger partial charge in [-0.05, 0) is 19.3 Å². The van der Waals surface area contributed by atoms with Crippen LogP contribution < -0.4 is 10.6 Å². The molecule has 0 saturated carbocycles. The molecule has 2 aromatic heterocycles. The summed E-state index contributed by atoms with van der Waals surface area (Å²) in [5, 5.41) is 8.70. The van der Waals surface area contributed by atoms with Gasteiger partial charge in [0.15, 0.2) is 5.16 Å². The van der Waals surface area contributed by atoms with Crippen molar-refractivity contribution in [2.75, 3.05) is 23.7 Å². The normalized spacial score (nSPS) is 15.4. The zero-order chi connectivity index (χ0) is 14.7. The monoisotopic (exact) mass is 306 g/mol. The van der Waals surface area contributed by atoms with Gasteiger partial charge in [-0.3, -0.25) is 0 Å². The molecule has 0 radical (unpaired) electrons. The maximum absolute atomic E-state index is 5.81. The zero-order valence-corrected chi connectivity index (χ0v) is 12.8. The van der Waals surface area contributed by atoms with Crippen molar-refractivity contribution >= 4 is 23.7 Å². The van der Waals surface area contributed by atoms with E-state index in [1.807, 2.05) is 11.6 Å². The maximum atomic E-state index is 5.81. The van der Waals surface area contributed by atoms with E-state index >= 15 is 0 Å². The standard InChI is InChI=1S/C12H18N8S/c1-19-8-14-18-12(19)21-7-9-15-10(13)17-11(16-9)20-5-3-2-4-6-20/h8H,2-7H2,1H3,(H2,13,15,16,17). The Hall–Kier alpha value is -1.90. The van der Waals surface area contributed by atoms with Gasteiger partial charge in [0.05, 0.1) is 5.75 Å². The quantitative estimate of drug-likeness (QED) is 0.831. The van der Waals surface area contributed by atoms with E-state index in [0.29, 0.717) is 17.5 Å². The summed E-state index contributed by atoms with van der Waals surface area (Å²) >= 11 is 1.53. The van der Waals surface area contributed by atoms with Crippen LogP contribution in [-0.4, -0.2) is 42.8 Å². The Morgan fingerprint density at radius 3 is 2.71 bits per heavy atom. The van der Waals surface area contributed by atoms with Gasteiger partial charge >= 0.3 is 0 Å². The van der Waals surface area contributed by atoms with Crippen LogP contribution in [0.5, 0.6) is 0 Å². The Kier molecular flexibility index (Phi) is 4.18. The molecule has 1 fully saturated rings. The molecule has 21 heavy (non-hydrogen) atoms. The fourth-order valence-corrected chi connectivity index (χ4v) is 3.00. The van der Waals surface area contributed by atoms with Crippen molar-refractivity contribution in [3.63, 3.8) is 0 Å². The molecule has 3 heterocycles. The summed E-state index contributed by atoms with van der Waals surface area (Å²) in [5.74, 6) is 2.24. The molecule has 0 spiro atoms. The third kappa shape index (κ3) is 3.41. The van der Waals surface area contributed by atoms with Crippen LogP contribution in [0.4, 0.5) is 11.9 Å². The average molecular weight is 306 g/mol. The third-order valence-electron chi connectivity index (χ3n) is 3.33. The fourth-order valence-electron chi connectivity index (χ4n) is 2.26. The van der Waals surface area contributed by atoms with Crippen LogP contribution in [0.25, 0.3) is 0 Å². The lowest BCUT2D eigenvalue weighted by molar-refractivity contribution is 0.567. The Bertz CT molecular complexity index is 607. The van der Waals surface area contributed by atoms with E-state index in [-0.39, 0.29) is 5.95 Å². The van der Waals surface area contributed by atoms with Gasteiger partial charge in [-0.15, -0.1) is 10.2 Å². The van der Waals surface area contributed by atoms with Gasteiger partial charge in [-0.1, -0.05) is 11.8 Å². The van der Waals surface area contributed by atoms with Crippen LogP contribution in [0.3, 0.4) is 0 Å². The van der Waals surface area contributed by atoms with Crippen molar-refractivity contribution in [2.24, 2.45) is 7.05 Å². The summed E-state index contributed by atoms with van der Waals surface area (Å²) in [6, 6.07) is 0. The smallest absolute Gasteiger partial charge is 0.230 e. The molecule has 1 saturated heterocycles. The Morgan fingerprint density at radius 1 is 1.19 bits per heavy atom. The van der Waals surface area contributed by atoms with Gasteiger partial charge in [0, 0.05) is 20.1 Å². The average Bonchev–Trinajstić information content (AvgIpc) is 2.91. The van der Waals surface area contributed by atoms with Crippen molar-refractivity contribution in [3.05, 3.63) is 12.2 Å². The van der Waals surface area contributed by atoms with Crippen molar-refractivity contribution in [2.45, 2.75) is 30.2 Å². The predicted octanol–water partition coefficient (Wildman–Crippen LogP) is 0.865. The molecule has 8 nitrogen and oxygen atoms in total. The second-order valence-electron chi connectivity index (χ2n) is 4.97. The molecule has 2 N–H and O–H groups in total. The van der Waals surface area contributed by atoms with Crippen LogP contribution in [0.2, 0.25) is 0 Å². The number of nitrogen functional groups attached to an aromatic ring is 1. The van der Waals surface area contributed by atoms with Crippen molar-refractivity contribution in [1.82, 2.24) is 29.7 Å². The van der Waals surface area contributed by atoms with E-state index in [4.69, 9.17) is 5.73 Å². The molecule has 0 atom stereocenters. The van der Waals surface area contributed by atoms with Crippen molar-refractivity contribution < 1.29 is 0 Å². The molecule has 0 unspecified atom stereocenters. The van der Waals surface area contributed by atoms with E-state index in [0.717, 1.165) is 18.2 Å². The molecule has 2 aromatic rings. The van der Waals surface area contributed by atoms with E-state index < -0.39 is 0 Å². The fraction of sp³-hybridized carbons (Fsp3) is 0.583. The predicted molar refractivity (Wildman–Crippen MR) is 80.9 cm³/mol. The number of rotatable bonds is 4. The molecule has 0 amide bonds. The van der Waals surface area contributed by atoms with E-state index in [1.54, 1.807) is 6.33 Å². The first-order chi connectivity index (χ1) is 10.2. The second-order valence-corrected chi connectivity index (χ2v) is 5.91. The lowest BCUT2D eigenvalue weighted by Gasteiger charge is -2.26. The second kappa shape index (κ2) is 6.25. The highest BCUT2D eigenvalue weighted by molar-refractivity contribution is 7.98. The first-order valence-electron chi connectivity index (χ1n) is 6.94. The van der Waals surface area contributed by atoms with Gasteiger partial charge in [-0.25, -0.2) is 0 Å². The number of piperidine rings is 1. The molecular formula is C12H18N8S. The van der Waals surface area contributed by atoms with Crippen LogP contribution >= 0.6 is 11.8 Å². The minimum Gasteiger partial charge on any atom is -0.368 e. The maximum Gasteiger partial charge on any atom is 0.230 e. The number of hydrogen-bond acceptors (Lipinski definition) is 8. The lowest BCUT2D eigenvalue weighted by Crippen LogP contribution is -2.31. The number of aromatic nitrogens is 6. The number of nitrogens with two attached hydrogens (primary N) is 1. The van der Waals surface area contributed by atoms with E-state index in [2.05, 4.69) is 30.0 Å². The molecular weight excluding hydrogens is 288 g/mol. The SMILES string of the molecule is Cn1cnnc1SCc1nc(N)nc(N2CCCCC2)n1. The summed E-state index contributed by atoms with van der Waals surface area (Å²) in [4.78, 5) is 15.2. The van der Waals surface area contributed by atoms with Gasteiger partial charge in [-0.2, -0.15) is 15.0 Å². The first-order valence-corrected chi connectivity index (χ1v) is 7.93. The molecule has 1 aliphatic rings. The third-order valence-corrected chi connectivity index (χ3v) is 4.36. The summed E-state index contributed by atoms with van der Waals surface area (Å²) in [5.41, 5.74) is 5.81. The molecule has 0 aromatic carbocycles. The highest BCUT2D eigenvalue weighted by Gasteiger charge is 2.16. The Labute approximate surface area is 127 Å². The summed E-state index contributed by atoms with van der Waals surface area (Å²) in [7, 11) is 1.91. The zero-order valence-electron chi connectivity index (χ0n) is 11.9. The minimum absolute atomic E-state index is 0.277. The van der Waals surface area contributed by atoms with Crippen LogP contribution in [-0.2, 0) is 12.8 Å². The van der Waals surface area contributed by atoms with Crippen LogP contribution in [0.15, 0.2) is 11.5 Å². The number of hydrogen-bond donors (Lipinski definition) is 1. The topological polar surface area (TPSA) is 98.6 Å². The van der Waals surface area contributed by atoms with E-state index in [9.17, 15) is 0 Å². The number of thioether (sulfide) groups is 1. The lowest BCUT2D eigenvalue weighted by atomic mass is 10.1. The first kappa shape index (κ1) is 14.1. The highest BCUT2D eigenvalue weighted by Crippen LogP contribution is 2.21. The van der Waals surface area contributed by atoms with Crippen molar-refractivity contribution in [3.8, 4) is 0 Å². The summed E-state index contributed by atoms with van der Waals surface area (Å²) in [6.07, 6.45) is 5.29. The van der Waals surface area contributed by atoms with Gasteiger partial charge in [0.2, 0.25) is 11.9 Å². The largest absolute Gasteiger partial charge is 0.368 e. The van der Waals surface area contributed by atoms with Crippen molar-refractivity contribution in [1.29, 1.82) is 0 Å². The number of nitrogens with zero attached hydrogens (tertiary/aromatic N) is 7. The Balaban J connectivity index is 1.73. The molecule has 112 valence electrons.